The Morgan fingerprint density at radius 2 is 1.33 bits per heavy atom. The summed E-state index contributed by atoms with van der Waals surface area (Å²) in [5.41, 5.74) is 2.24. The fraction of sp³-hybridized carbons (Fsp3) is 0.333. The van der Waals surface area contributed by atoms with Gasteiger partial charge in [-0.3, -0.25) is 4.90 Å². The molecular weight excluding hydrogens is 265 g/mol. The minimum absolute atomic E-state index is 0.131. The van der Waals surface area contributed by atoms with Crippen molar-refractivity contribution in [2.24, 2.45) is 0 Å². The number of benzene rings is 2. The summed E-state index contributed by atoms with van der Waals surface area (Å²) < 4.78 is 13.2. The van der Waals surface area contributed by atoms with Crippen LogP contribution in [0.15, 0.2) is 48.5 Å². The lowest BCUT2D eigenvalue weighted by atomic mass is 9.95. The molecule has 0 aliphatic carbocycles. The number of phenols is 1. The highest BCUT2D eigenvalue weighted by molar-refractivity contribution is 5.35. The molecule has 0 aromatic heterocycles. The SMILES string of the molecule is Oc1ccc(C(c2ccc(F)cc2)N2CCCCC2)cc1. The second-order valence-electron chi connectivity index (χ2n) is 5.64. The number of aromatic hydroxyl groups is 1. The Bertz CT molecular complexity index is 528. The molecule has 1 aliphatic rings. The van der Waals surface area contributed by atoms with Gasteiger partial charge in [0.25, 0.3) is 0 Å². The van der Waals surface area contributed by atoms with E-state index < -0.39 is 0 Å². The predicted molar refractivity (Wildman–Crippen MR) is 81.8 cm³/mol. The molecule has 3 rings (SSSR count). The molecule has 1 N–H and O–H groups in total. The lowest BCUT2D eigenvalue weighted by Crippen LogP contribution is -2.34. The standard InChI is InChI=1S/C18H20FNO/c19-16-8-4-14(5-9-16)18(20-12-2-1-3-13-20)15-6-10-17(21)11-7-15/h4-11,18,21H,1-3,12-13H2. The zero-order valence-electron chi connectivity index (χ0n) is 12.0. The smallest absolute Gasteiger partial charge is 0.123 e. The van der Waals surface area contributed by atoms with Gasteiger partial charge >= 0.3 is 0 Å². The number of piperidine rings is 1. The van der Waals surface area contributed by atoms with Gasteiger partial charge in [0, 0.05) is 0 Å². The highest BCUT2D eigenvalue weighted by Gasteiger charge is 2.23. The van der Waals surface area contributed by atoms with Crippen LogP contribution in [-0.2, 0) is 0 Å². The first-order valence-corrected chi connectivity index (χ1v) is 7.52. The molecule has 0 spiro atoms. The summed E-state index contributed by atoms with van der Waals surface area (Å²) in [4.78, 5) is 2.45. The van der Waals surface area contributed by atoms with Gasteiger partial charge in [-0.1, -0.05) is 30.7 Å². The van der Waals surface area contributed by atoms with Crippen LogP contribution in [0.5, 0.6) is 5.75 Å². The van der Waals surface area contributed by atoms with E-state index in [4.69, 9.17) is 0 Å². The van der Waals surface area contributed by atoms with Gasteiger partial charge in [-0.15, -0.1) is 0 Å². The Kier molecular flexibility index (Phi) is 4.20. The molecule has 0 radical (unpaired) electrons. The molecule has 1 atom stereocenters. The van der Waals surface area contributed by atoms with Crippen molar-refractivity contribution in [2.45, 2.75) is 25.3 Å². The van der Waals surface area contributed by atoms with Crippen LogP contribution < -0.4 is 0 Å². The van der Waals surface area contributed by atoms with E-state index in [1.807, 2.05) is 24.3 Å². The first kappa shape index (κ1) is 14.1. The van der Waals surface area contributed by atoms with E-state index in [1.54, 1.807) is 12.1 Å². The van der Waals surface area contributed by atoms with E-state index >= 15 is 0 Å². The molecule has 21 heavy (non-hydrogen) atoms. The summed E-state index contributed by atoms with van der Waals surface area (Å²) in [7, 11) is 0. The topological polar surface area (TPSA) is 23.5 Å². The van der Waals surface area contributed by atoms with Crippen LogP contribution >= 0.6 is 0 Å². The van der Waals surface area contributed by atoms with Gasteiger partial charge in [0.1, 0.15) is 11.6 Å². The molecule has 0 saturated carbocycles. The Hall–Kier alpha value is -1.87. The molecule has 1 saturated heterocycles. The van der Waals surface area contributed by atoms with Gasteiger partial charge in [-0.2, -0.15) is 0 Å². The fourth-order valence-electron chi connectivity index (χ4n) is 3.09. The van der Waals surface area contributed by atoms with Crippen LogP contribution in [0.1, 0.15) is 36.4 Å². The molecule has 2 nitrogen and oxygen atoms in total. The number of nitrogens with zero attached hydrogens (tertiary/aromatic N) is 1. The third-order valence-electron chi connectivity index (χ3n) is 4.15. The third kappa shape index (κ3) is 3.24. The fourth-order valence-corrected chi connectivity index (χ4v) is 3.09. The van der Waals surface area contributed by atoms with Gasteiger partial charge in [-0.05, 0) is 61.3 Å². The third-order valence-corrected chi connectivity index (χ3v) is 4.15. The Labute approximate surface area is 124 Å². The summed E-state index contributed by atoms with van der Waals surface area (Å²) in [6, 6.07) is 14.2. The van der Waals surface area contributed by atoms with E-state index in [-0.39, 0.29) is 17.6 Å². The largest absolute Gasteiger partial charge is 0.508 e. The van der Waals surface area contributed by atoms with E-state index in [0.29, 0.717) is 0 Å². The van der Waals surface area contributed by atoms with Crippen LogP contribution in [-0.4, -0.2) is 23.1 Å². The van der Waals surface area contributed by atoms with E-state index in [0.717, 1.165) is 24.2 Å². The summed E-state index contributed by atoms with van der Waals surface area (Å²) >= 11 is 0. The maximum Gasteiger partial charge on any atom is 0.123 e. The molecule has 0 amide bonds. The lowest BCUT2D eigenvalue weighted by molar-refractivity contribution is 0.187. The first-order chi connectivity index (χ1) is 10.2. The maximum absolute atomic E-state index is 13.2. The highest BCUT2D eigenvalue weighted by atomic mass is 19.1. The average molecular weight is 285 g/mol. The van der Waals surface area contributed by atoms with Crippen LogP contribution in [0.4, 0.5) is 4.39 Å². The minimum Gasteiger partial charge on any atom is -0.508 e. The highest BCUT2D eigenvalue weighted by Crippen LogP contribution is 2.32. The second-order valence-corrected chi connectivity index (χ2v) is 5.64. The van der Waals surface area contributed by atoms with E-state index in [2.05, 4.69) is 4.90 Å². The van der Waals surface area contributed by atoms with Crippen molar-refractivity contribution in [3.63, 3.8) is 0 Å². The molecule has 3 heteroatoms. The van der Waals surface area contributed by atoms with Gasteiger partial charge in [0.05, 0.1) is 6.04 Å². The zero-order valence-corrected chi connectivity index (χ0v) is 12.0. The molecule has 0 bridgehead atoms. The van der Waals surface area contributed by atoms with E-state index in [1.165, 1.54) is 31.4 Å². The molecular formula is C18H20FNO. The molecule has 2 aromatic rings. The minimum atomic E-state index is -0.207. The molecule has 1 aliphatic heterocycles. The number of hydrogen-bond donors (Lipinski definition) is 1. The van der Waals surface area contributed by atoms with Gasteiger partial charge < -0.3 is 5.11 Å². The van der Waals surface area contributed by atoms with Gasteiger partial charge in [0.15, 0.2) is 0 Å². The number of hydrogen-bond acceptors (Lipinski definition) is 2. The van der Waals surface area contributed by atoms with Crippen LogP contribution in [0.25, 0.3) is 0 Å². The number of likely N-dealkylation sites (tertiary alicyclic amines) is 1. The van der Waals surface area contributed by atoms with Crippen molar-refractivity contribution >= 4 is 0 Å². The maximum atomic E-state index is 13.2. The second kappa shape index (κ2) is 6.27. The van der Waals surface area contributed by atoms with E-state index in [9.17, 15) is 9.50 Å². The molecule has 1 fully saturated rings. The quantitative estimate of drug-likeness (QED) is 0.917. The van der Waals surface area contributed by atoms with Crippen molar-refractivity contribution in [3.8, 4) is 5.75 Å². The van der Waals surface area contributed by atoms with Crippen LogP contribution in [0, 0.1) is 5.82 Å². The Morgan fingerprint density at radius 3 is 1.90 bits per heavy atom. The summed E-state index contributed by atoms with van der Waals surface area (Å²) in [6.45, 7) is 2.12. The normalized spacial score (nSPS) is 17.6. The van der Waals surface area contributed by atoms with Gasteiger partial charge in [-0.25, -0.2) is 4.39 Å². The first-order valence-electron chi connectivity index (χ1n) is 7.52. The summed E-state index contributed by atoms with van der Waals surface area (Å²) in [6.07, 6.45) is 3.69. The lowest BCUT2D eigenvalue weighted by Gasteiger charge is -2.35. The summed E-state index contributed by atoms with van der Waals surface area (Å²) in [5, 5.41) is 9.49. The number of halogens is 1. The molecule has 1 unspecified atom stereocenters. The summed E-state index contributed by atoms with van der Waals surface area (Å²) in [5.74, 6) is 0.0668. The van der Waals surface area contributed by atoms with Crippen LogP contribution in [0.2, 0.25) is 0 Å². The van der Waals surface area contributed by atoms with Crippen molar-refractivity contribution < 1.29 is 9.50 Å². The number of phenolic OH excluding ortho intramolecular Hbond substituents is 1. The van der Waals surface area contributed by atoms with Crippen LogP contribution in [0.3, 0.4) is 0 Å². The Morgan fingerprint density at radius 1 is 0.810 bits per heavy atom. The van der Waals surface area contributed by atoms with Crippen molar-refractivity contribution in [3.05, 3.63) is 65.5 Å². The molecule has 2 aromatic carbocycles. The predicted octanol–water partition coefficient (Wildman–Crippen LogP) is 4.11. The monoisotopic (exact) mass is 285 g/mol. The van der Waals surface area contributed by atoms with Gasteiger partial charge in [0.2, 0.25) is 0 Å². The Balaban J connectivity index is 1.97. The zero-order chi connectivity index (χ0) is 14.7. The van der Waals surface area contributed by atoms with Crippen molar-refractivity contribution in [1.82, 2.24) is 4.90 Å². The molecule has 110 valence electrons. The average Bonchev–Trinajstić information content (AvgIpc) is 2.52. The molecule has 1 heterocycles. The van der Waals surface area contributed by atoms with Crippen molar-refractivity contribution in [1.29, 1.82) is 0 Å². The number of rotatable bonds is 3. The van der Waals surface area contributed by atoms with Crippen molar-refractivity contribution in [2.75, 3.05) is 13.1 Å².